The number of carbonyl (C=O) groups is 4. The SMILES string of the molecule is CC(=O)N[C@@H](CC(=O)OC(C)(C)C)C(=O)NC(C(=O)NCc1cc(OCCC2CCCNC2)ccc1C)c1cn[nH]c1. The Morgan fingerprint density at radius 3 is 2.57 bits per heavy atom. The van der Waals surface area contributed by atoms with Crippen LogP contribution in [0.5, 0.6) is 5.75 Å². The molecule has 3 rings (SSSR count). The third-order valence-corrected chi connectivity index (χ3v) is 6.85. The summed E-state index contributed by atoms with van der Waals surface area (Å²) in [4.78, 5) is 50.8. The van der Waals surface area contributed by atoms with Crippen LogP contribution in [-0.2, 0) is 30.5 Å². The summed E-state index contributed by atoms with van der Waals surface area (Å²) in [5, 5.41) is 18.0. The van der Waals surface area contributed by atoms with E-state index >= 15 is 0 Å². The van der Waals surface area contributed by atoms with Gasteiger partial charge in [0.1, 0.15) is 23.4 Å². The van der Waals surface area contributed by atoms with E-state index in [9.17, 15) is 19.2 Å². The third kappa shape index (κ3) is 10.8. The molecule has 0 spiro atoms. The van der Waals surface area contributed by atoms with Crippen molar-refractivity contribution in [2.45, 2.75) is 84.5 Å². The van der Waals surface area contributed by atoms with Crippen LogP contribution in [0.15, 0.2) is 30.6 Å². The van der Waals surface area contributed by atoms with E-state index in [-0.39, 0.29) is 6.54 Å². The highest BCUT2D eigenvalue weighted by Gasteiger charge is 2.31. The van der Waals surface area contributed by atoms with Crippen LogP contribution < -0.4 is 26.0 Å². The number of carbonyl (C=O) groups excluding carboxylic acids is 4. The number of nitrogens with zero attached hydrogens (tertiary/aromatic N) is 1. The van der Waals surface area contributed by atoms with Crippen molar-refractivity contribution in [2.75, 3.05) is 19.7 Å². The van der Waals surface area contributed by atoms with Gasteiger partial charge in [0.15, 0.2) is 0 Å². The monoisotopic (exact) mass is 584 g/mol. The summed E-state index contributed by atoms with van der Waals surface area (Å²) in [5.41, 5.74) is 1.50. The largest absolute Gasteiger partial charge is 0.494 e. The predicted octanol–water partition coefficient (Wildman–Crippen LogP) is 2.20. The Bertz CT molecular complexity index is 1200. The lowest BCUT2D eigenvalue weighted by Gasteiger charge is -2.24. The molecule has 0 aliphatic carbocycles. The Morgan fingerprint density at radius 1 is 1.14 bits per heavy atom. The fourth-order valence-corrected chi connectivity index (χ4v) is 4.69. The quantitative estimate of drug-likeness (QED) is 0.224. The molecule has 42 heavy (non-hydrogen) atoms. The van der Waals surface area contributed by atoms with Gasteiger partial charge in [-0.2, -0.15) is 5.10 Å². The van der Waals surface area contributed by atoms with E-state index in [1.54, 1.807) is 20.8 Å². The number of nitrogens with one attached hydrogen (secondary N) is 5. The smallest absolute Gasteiger partial charge is 0.308 e. The van der Waals surface area contributed by atoms with Gasteiger partial charge in [-0.3, -0.25) is 24.3 Å². The van der Waals surface area contributed by atoms with Gasteiger partial charge in [-0.05, 0) is 89.2 Å². The molecule has 1 saturated heterocycles. The van der Waals surface area contributed by atoms with Crippen LogP contribution >= 0.6 is 0 Å². The lowest BCUT2D eigenvalue weighted by molar-refractivity contribution is -0.156. The molecule has 3 atom stereocenters. The Balaban J connectivity index is 1.64. The highest BCUT2D eigenvalue weighted by molar-refractivity contribution is 5.94. The molecule has 2 heterocycles. The minimum Gasteiger partial charge on any atom is -0.494 e. The van der Waals surface area contributed by atoms with Gasteiger partial charge in [-0.15, -0.1) is 0 Å². The molecule has 1 aromatic heterocycles. The Kier molecular flexibility index (Phi) is 11.9. The summed E-state index contributed by atoms with van der Waals surface area (Å²) < 4.78 is 11.3. The van der Waals surface area contributed by atoms with Crippen molar-refractivity contribution in [1.29, 1.82) is 0 Å². The molecule has 1 aliphatic rings. The molecule has 1 fully saturated rings. The average Bonchev–Trinajstić information content (AvgIpc) is 3.45. The van der Waals surface area contributed by atoms with Crippen LogP contribution in [0.4, 0.5) is 0 Å². The summed E-state index contributed by atoms with van der Waals surface area (Å²) in [6.07, 6.45) is 5.90. The van der Waals surface area contributed by atoms with Crippen LogP contribution in [0.1, 0.15) is 76.1 Å². The van der Waals surface area contributed by atoms with Crippen LogP contribution in [0, 0.1) is 12.8 Å². The number of H-pyrrole nitrogens is 1. The van der Waals surface area contributed by atoms with Crippen molar-refractivity contribution >= 4 is 23.7 Å². The summed E-state index contributed by atoms with van der Waals surface area (Å²) in [6.45, 7) is 11.2. The molecule has 12 nitrogen and oxygen atoms in total. The first-order chi connectivity index (χ1) is 19.9. The lowest BCUT2D eigenvalue weighted by atomic mass is 9.97. The molecule has 2 aromatic rings. The standard InChI is InChI=1S/C30H44N6O6/c1-19-8-9-24(41-12-10-21-7-6-11-31-15-21)13-22(19)16-32-29(40)27(23-17-33-34-18-23)36-28(39)25(35-20(2)37)14-26(38)42-30(3,4)5/h8-9,13,17-18,21,25,27,31H,6-7,10-12,14-16H2,1-5H3,(H,32,40)(H,33,34)(H,35,37)(H,36,39)/t21?,25-,27?/m0/s1. The molecule has 230 valence electrons. The topological polar surface area (TPSA) is 164 Å². The number of hydrogen-bond acceptors (Lipinski definition) is 8. The number of aryl methyl sites for hydroxylation is 1. The molecule has 3 amide bonds. The zero-order valence-electron chi connectivity index (χ0n) is 25.2. The van der Waals surface area contributed by atoms with Gasteiger partial charge in [0, 0.05) is 25.2 Å². The molecule has 0 radical (unpaired) electrons. The molecule has 5 N–H and O–H groups in total. The minimum atomic E-state index is -1.24. The number of esters is 1. The van der Waals surface area contributed by atoms with Crippen molar-refractivity contribution < 1.29 is 28.7 Å². The molecule has 0 saturated carbocycles. The molecule has 0 bridgehead atoms. The van der Waals surface area contributed by atoms with Crippen molar-refractivity contribution in [3.05, 3.63) is 47.3 Å². The van der Waals surface area contributed by atoms with Gasteiger partial charge in [0.25, 0.3) is 0 Å². The van der Waals surface area contributed by atoms with E-state index in [2.05, 4.69) is 31.5 Å². The summed E-state index contributed by atoms with van der Waals surface area (Å²) in [5.74, 6) is -1.01. The van der Waals surface area contributed by atoms with Crippen LogP contribution in [0.3, 0.4) is 0 Å². The second-order valence-electron chi connectivity index (χ2n) is 11.7. The lowest BCUT2D eigenvalue weighted by Crippen LogP contribution is -2.51. The average molecular weight is 585 g/mol. The fraction of sp³-hybridized carbons (Fsp3) is 0.567. The first-order valence-corrected chi connectivity index (χ1v) is 14.4. The number of aromatic nitrogens is 2. The normalized spacial score (nSPS) is 16.5. The maximum atomic E-state index is 13.4. The zero-order valence-corrected chi connectivity index (χ0v) is 25.2. The molecule has 12 heteroatoms. The molecular weight excluding hydrogens is 540 g/mol. The highest BCUT2D eigenvalue weighted by Crippen LogP contribution is 2.20. The van der Waals surface area contributed by atoms with Gasteiger partial charge in [-0.25, -0.2) is 0 Å². The first kappa shape index (κ1) is 32.6. The van der Waals surface area contributed by atoms with E-state index in [1.165, 1.54) is 32.2 Å². The van der Waals surface area contributed by atoms with Crippen molar-refractivity contribution in [1.82, 2.24) is 31.5 Å². The molecule has 1 aliphatic heterocycles. The van der Waals surface area contributed by atoms with Crippen molar-refractivity contribution in [3.63, 3.8) is 0 Å². The number of ether oxygens (including phenoxy) is 2. The third-order valence-electron chi connectivity index (χ3n) is 6.85. The van der Waals surface area contributed by atoms with Crippen molar-refractivity contribution in [3.8, 4) is 5.75 Å². The number of aromatic amines is 1. The van der Waals surface area contributed by atoms with E-state index in [0.717, 1.165) is 36.4 Å². The van der Waals surface area contributed by atoms with Gasteiger partial charge in [0.2, 0.25) is 17.7 Å². The van der Waals surface area contributed by atoms with Gasteiger partial charge < -0.3 is 30.7 Å². The van der Waals surface area contributed by atoms with Gasteiger partial charge in [-0.1, -0.05) is 6.07 Å². The van der Waals surface area contributed by atoms with Crippen LogP contribution in [0.2, 0.25) is 0 Å². The van der Waals surface area contributed by atoms with Crippen LogP contribution in [0.25, 0.3) is 0 Å². The molecule has 2 unspecified atom stereocenters. The Morgan fingerprint density at radius 2 is 1.93 bits per heavy atom. The predicted molar refractivity (Wildman–Crippen MR) is 156 cm³/mol. The van der Waals surface area contributed by atoms with E-state index in [1.807, 2.05) is 25.1 Å². The number of amides is 3. The van der Waals surface area contributed by atoms with E-state index in [4.69, 9.17) is 9.47 Å². The summed E-state index contributed by atoms with van der Waals surface area (Å²) >= 11 is 0. The maximum absolute atomic E-state index is 13.4. The Hall–Kier alpha value is -3.93. The van der Waals surface area contributed by atoms with Gasteiger partial charge >= 0.3 is 5.97 Å². The number of rotatable bonds is 13. The van der Waals surface area contributed by atoms with Crippen LogP contribution in [-0.4, -0.2) is 65.2 Å². The second-order valence-corrected chi connectivity index (χ2v) is 11.7. The number of benzene rings is 1. The highest BCUT2D eigenvalue weighted by atomic mass is 16.6. The maximum Gasteiger partial charge on any atom is 0.308 e. The second kappa shape index (κ2) is 15.3. The van der Waals surface area contributed by atoms with Gasteiger partial charge in [0.05, 0.1) is 19.2 Å². The summed E-state index contributed by atoms with van der Waals surface area (Å²) in [6, 6.07) is 3.41. The molecular formula is C30H44N6O6. The number of piperidine rings is 1. The van der Waals surface area contributed by atoms with E-state index < -0.39 is 47.8 Å². The zero-order chi connectivity index (χ0) is 30.7. The fourth-order valence-electron chi connectivity index (χ4n) is 4.69. The van der Waals surface area contributed by atoms with E-state index in [0.29, 0.717) is 18.1 Å². The minimum absolute atomic E-state index is 0.200. The first-order valence-electron chi connectivity index (χ1n) is 14.4. The number of hydrogen-bond donors (Lipinski definition) is 5. The Labute approximate surface area is 247 Å². The van der Waals surface area contributed by atoms with Crippen molar-refractivity contribution in [2.24, 2.45) is 5.92 Å². The summed E-state index contributed by atoms with van der Waals surface area (Å²) in [7, 11) is 0. The molecule has 1 aromatic carbocycles.